The van der Waals surface area contributed by atoms with Gasteiger partial charge in [-0.1, -0.05) is 42.0 Å². The lowest BCUT2D eigenvalue weighted by Gasteiger charge is -2.29. The average Bonchev–Trinajstić information content (AvgIpc) is 3.00. The quantitative estimate of drug-likeness (QED) is 0.529. The molecule has 8 heteroatoms. The Labute approximate surface area is 181 Å². The number of hydrogen-bond acceptors (Lipinski definition) is 4. The lowest BCUT2D eigenvalue weighted by molar-refractivity contribution is -0.143. The van der Waals surface area contributed by atoms with E-state index in [-0.39, 0.29) is 55.0 Å². The summed E-state index contributed by atoms with van der Waals surface area (Å²) in [5.41, 5.74) is 0.716. The molecule has 3 rings (SSSR count). The van der Waals surface area contributed by atoms with E-state index in [1.807, 2.05) is 18.2 Å². The van der Waals surface area contributed by atoms with Crippen molar-refractivity contribution in [2.75, 3.05) is 13.6 Å². The van der Waals surface area contributed by atoms with Crippen LogP contribution in [0.5, 0.6) is 0 Å². The van der Waals surface area contributed by atoms with Gasteiger partial charge in [0.2, 0.25) is 23.6 Å². The zero-order chi connectivity index (χ0) is 21.8. The van der Waals surface area contributed by atoms with E-state index in [0.717, 1.165) is 0 Å². The van der Waals surface area contributed by atoms with Gasteiger partial charge in [0, 0.05) is 31.6 Å². The maximum Gasteiger partial charge on any atom is 0.242 e. The first-order chi connectivity index (χ1) is 14.3. The third-order valence-electron chi connectivity index (χ3n) is 5.86. The maximum absolute atomic E-state index is 13.0. The lowest BCUT2D eigenvalue weighted by Crippen LogP contribution is -2.47. The monoisotopic (exact) mass is 431 g/mol. The highest BCUT2D eigenvalue weighted by Gasteiger charge is 2.47. The number of allylic oxidation sites excluding steroid dienone is 2. The Morgan fingerprint density at radius 2 is 1.77 bits per heavy atom. The highest BCUT2D eigenvalue weighted by molar-refractivity contribution is 6.31. The molecule has 1 aromatic carbocycles. The van der Waals surface area contributed by atoms with Gasteiger partial charge < -0.3 is 10.2 Å². The molecule has 1 N–H and O–H groups in total. The minimum atomic E-state index is -0.726. The molecule has 1 aliphatic heterocycles. The van der Waals surface area contributed by atoms with Gasteiger partial charge >= 0.3 is 0 Å². The van der Waals surface area contributed by atoms with Crippen molar-refractivity contribution in [1.82, 2.24) is 15.1 Å². The topological polar surface area (TPSA) is 86.8 Å². The molecule has 1 saturated heterocycles. The standard InChI is InChI=1S/C22H26ClN3O4/c1-14(20(28)24-2)26(13-15-7-3-6-10-18(15)23)19(27)11-12-25-21(29)16-8-4-5-9-17(16)22(25)30/h3-7,10,14,16-17H,8-9,11-13H2,1-2H3,(H,24,28)/t14?,16-,17+. The van der Waals surface area contributed by atoms with Crippen molar-refractivity contribution in [3.8, 4) is 0 Å². The number of amides is 4. The van der Waals surface area contributed by atoms with Crippen molar-refractivity contribution >= 4 is 35.2 Å². The van der Waals surface area contributed by atoms with Gasteiger partial charge in [-0.2, -0.15) is 0 Å². The Hall–Kier alpha value is -2.67. The fraction of sp³-hybridized carbons (Fsp3) is 0.455. The van der Waals surface area contributed by atoms with Gasteiger partial charge in [0.05, 0.1) is 11.8 Å². The number of nitrogens with one attached hydrogen (secondary N) is 1. The summed E-state index contributed by atoms with van der Waals surface area (Å²) in [6.07, 6.45) is 4.93. The number of carbonyl (C=O) groups is 4. The molecule has 1 unspecified atom stereocenters. The Bertz CT molecular complexity index is 859. The number of benzene rings is 1. The third-order valence-corrected chi connectivity index (χ3v) is 6.23. The molecule has 1 heterocycles. The van der Waals surface area contributed by atoms with Gasteiger partial charge in [-0.15, -0.1) is 0 Å². The summed E-state index contributed by atoms with van der Waals surface area (Å²) < 4.78 is 0. The Balaban J connectivity index is 1.71. The van der Waals surface area contributed by atoms with E-state index in [2.05, 4.69) is 5.32 Å². The van der Waals surface area contributed by atoms with Gasteiger partial charge in [-0.05, 0) is 31.4 Å². The SMILES string of the molecule is CNC(=O)C(C)N(Cc1ccccc1Cl)C(=O)CCN1C(=O)[C@H]2CC=CC[C@H]2C1=O. The summed E-state index contributed by atoms with van der Waals surface area (Å²) in [5, 5.41) is 3.05. The van der Waals surface area contributed by atoms with Crippen LogP contribution < -0.4 is 5.32 Å². The molecule has 1 fully saturated rings. The van der Waals surface area contributed by atoms with Gasteiger partial charge in [0.25, 0.3) is 0 Å². The number of likely N-dealkylation sites (N-methyl/N-ethyl adjacent to an activating group) is 1. The summed E-state index contributed by atoms with van der Waals surface area (Å²) in [4.78, 5) is 53.1. The number of likely N-dealkylation sites (tertiary alicyclic amines) is 1. The fourth-order valence-electron chi connectivity index (χ4n) is 4.04. The first-order valence-corrected chi connectivity index (χ1v) is 10.5. The summed E-state index contributed by atoms with van der Waals surface area (Å²) in [6.45, 7) is 1.81. The Morgan fingerprint density at radius 3 is 2.33 bits per heavy atom. The van der Waals surface area contributed by atoms with E-state index in [9.17, 15) is 19.2 Å². The maximum atomic E-state index is 13.0. The predicted molar refractivity (Wildman–Crippen MR) is 112 cm³/mol. The number of nitrogens with zero attached hydrogens (tertiary/aromatic N) is 2. The first-order valence-electron chi connectivity index (χ1n) is 10.1. The molecule has 160 valence electrons. The third kappa shape index (κ3) is 4.41. The Morgan fingerprint density at radius 1 is 1.17 bits per heavy atom. The summed E-state index contributed by atoms with van der Waals surface area (Å²) in [7, 11) is 1.51. The van der Waals surface area contributed by atoms with Crippen molar-refractivity contribution in [3.63, 3.8) is 0 Å². The zero-order valence-corrected chi connectivity index (χ0v) is 17.9. The van der Waals surface area contributed by atoms with Crippen LogP contribution >= 0.6 is 11.6 Å². The molecule has 1 aliphatic carbocycles. The van der Waals surface area contributed by atoms with E-state index >= 15 is 0 Å². The molecule has 1 aromatic rings. The normalized spacial score (nSPS) is 21.4. The minimum absolute atomic E-state index is 0.0169. The lowest BCUT2D eigenvalue weighted by atomic mass is 9.85. The Kier molecular flexibility index (Phi) is 6.92. The van der Waals surface area contributed by atoms with Crippen molar-refractivity contribution in [3.05, 3.63) is 47.0 Å². The van der Waals surface area contributed by atoms with Gasteiger partial charge in [0.15, 0.2) is 0 Å². The number of rotatable bonds is 7. The number of halogens is 1. The molecule has 4 amide bonds. The highest BCUT2D eigenvalue weighted by atomic mass is 35.5. The van der Waals surface area contributed by atoms with Crippen LogP contribution in [0.2, 0.25) is 5.02 Å². The molecule has 7 nitrogen and oxygen atoms in total. The highest BCUT2D eigenvalue weighted by Crippen LogP contribution is 2.35. The van der Waals surface area contributed by atoms with Crippen LogP contribution in [0.3, 0.4) is 0 Å². The van der Waals surface area contributed by atoms with Gasteiger partial charge in [-0.3, -0.25) is 24.1 Å². The average molecular weight is 432 g/mol. The smallest absolute Gasteiger partial charge is 0.242 e. The summed E-state index contributed by atoms with van der Waals surface area (Å²) >= 11 is 6.24. The molecule has 0 aromatic heterocycles. The van der Waals surface area contributed by atoms with Crippen molar-refractivity contribution < 1.29 is 19.2 Å². The van der Waals surface area contributed by atoms with Crippen LogP contribution in [0.4, 0.5) is 0 Å². The van der Waals surface area contributed by atoms with Crippen molar-refractivity contribution in [2.45, 2.75) is 38.8 Å². The van der Waals surface area contributed by atoms with Gasteiger partial charge in [-0.25, -0.2) is 0 Å². The van der Waals surface area contributed by atoms with E-state index in [1.54, 1.807) is 25.1 Å². The number of carbonyl (C=O) groups excluding carboxylic acids is 4. The first kappa shape index (κ1) is 22.0. The summed E-state index contributed by atoms with van der Waals surface area (Å²) in [6, 6.07) is 6.40. The fourth-order valence-corrected chi connectivity index (χ4v) is 4.24. The van der Waals surface area contributed by atoms with Crippen LogP contribution in [0.1, 0.15) is 31.7 Å². The van der Waals surface area contributed by atoms with E-state index in [4.69, 9.17) is 11.6 Å². The second-order valence-electron chi connectivity index (χ2n) is 7.64. The number of hydrogen-bond donors (Lipinski definition) is 1. The second-order valence-corrected chi connectivity index (χ2v) is 8.04. The van der Waals surface area contributed by atoms with E-state index in [1.165, 1.54) is 16.8 Å². The molecule has 0 radical (unpaired) electrons. The van der Waals surface area contributed by atoms with Crippen LogP contribution in [0.25, 0.3) is 0 Å². The van der Waals surface area contributed by atoms with E-state index in [0.29, 0.717) is 23.4 Å². The molecule has 2 aliphatic rings. The minimum Gasteiger partial charge on any atom is -0.357 e. The molecular weight excluding hydrogens is 406 g/mol. The number of fused-ring (bicyclic) bond motifs is 1. The zero-order valence-electron chi connectivity index (χ0n) is 17.1. The van der Waals surface area contributed by atoms with Crippen LogP contribution in [0, 0.1) is 11.8 Å². The number of imide groups is 1. The molecular formula is C22H26ClN3O4. The largest absolute Gasteiger partial charge is 0.357 e. The molecule has 0 spiro atoms. The molecule has 0 saturated carbocycles. The van der Waals surface area contributed by atoms with Gasteiger partial charge in [0.1, 0.15) is 6.04 Å². The molecule has 0 bridgehead atoms. The van der Waals surface area contributed by atoms with Crippen molar-refractivity contribution in [1.29, 1.82) is 0 Å². The van der Waals surface area contributed by atoms with Crippen LogP contribution in [0.15, 0.2) is 36.4 Å². The van der Waals surface area contributed by atoms with E-state index < -0.39 is 6.04 Å². The molecule has 3 atom stereocenters. The van der Waals surface area contributed by atoms with Crippen LogP contribution in [-0.4, -0.2) is 53.1 Å². The molecule has 30 heavy (non-hydrogen) atoms. The second kappa shape index (κ2) is 9.43. The van der Waals surface area contributed by atoms with Crippen molar-refractivity contribution in [2.24, 2.45) is 11.8 Å². The summed E-state index contributed by atoms with van der Waals surface area (Å²) in [5.74, 6) is -1.68. The van der Waals surface area contributed by atoms with Crippen LogP contribution in [-0.2, 0) is 25.7 Å². The predicted octanol–water partition coefficient (Wildman–Crippen LogP) is 2.14.